The topological polar surface area (TPSA) is 66.8 Å². The molecule has 0 saturated heterocycles. The van der Waals surface area contributed by atoms with Crippen LogP contribution in [0.5, 0.6) is 5.75 Å². The zero-order valence-electron chi connectivity index (χ0n) is 12.0. The molecule has 0 aliphatic carbocycles. The number of anilines is 1. The molecule has 1 aromatic rings. The molecule has 0 aromatic heterocycles. The Morgan fingerprint density at radius 3 is 2.70 bits per heavy atom. The number of hydrogen-bond acceptors (Lipinski definition) is 4. The maximum atomic E-state index is 11.9. The molecule has 0 fully saturated rings. The van der Waals surface area contributed by atoms with Gasteiger partial charge in [0.25, 0.3) is 0 Å². The summed E-state index contributed by atoms with van der Waals surface area (Å²) in [6.07, 6.45) is -0.126. The van der Waals surface area contributed by atoms with Gasteiger partial charge in [0.15, 0.2) is 5.78 Å². The van der Waals surface area contributed by atoms with E-state index in [0.29, 0.717) is 5.56 Å². The number of hydrogen-bond donors (Lipinski definition) is 1. The van der Waals surface area contributed by atoms with Crippen LogP contribution in [0, 0.1) is 0 Å². The van der Waals surface area contributed by atoms with E-state index in [4.69, 9.17) is 9.84 Å². The molecule has 0 radical (unpaired) electrons. The third kappa shape index (κ3) is 3.10. The van der Waals surface area contributed by atoms with Gasteiger partial charge in [0.1, 0.15) is 11.4 Å². The normalized spacial score (nSPS) is 16.2. The van der Waals surface area contributed by atoms with Crippen LogP contribution < -0.4 is 9.64 Å². The minimum Gasteiger partial charge on any atom is -0.484 e. The van der Waals surface area contributed by atoms with E-state index in [1.54, 1.807) is 18.2 Å². The van der Waals surface area contributed by atoms with Crippen molar-refractivity contribution in [3.05, 3.63) is 23.8 Å². The van der Waals surface area contributed by atoms with E-state index in [1.165, 1.54) is 0 Å². The number of rotatable bonds is 4. The summed E-state index contributed by atoms with van der Waals surface area (Å²) in [5.41, 5.74) is 1.13. The SMILES string of the molecule is CN1CC(C)(C)Oc2ccc(C(=O)CCC(=O)O)cc21. The fourth-order valence-corrected chi connectivity index (χ4v) is 2.43. The minimum absolute atomic E-state index is 0.0180. The van der Waals surface area contributed by atoms with E-state index in [2.05, 4.69) is 0 Å². The summed E-state index contributed by atoms with van der Waals surface area (Å²) in [6.45, 7) is 4.75. The van der Waals surface area contributed by atoms with Crippen molar-refractivity contribution in [1.29, 1.82) is 0 Å². The Hall–Kier alpha value is -2.04. The summed E-state index contributed by atoms with van der Waals surface area (Å²) < 4.78 is 5.88. The van der Waals surface area contributed by atoms with E-state index in [1.807, 2.05) is 25.8 Å². The Morgan fingerprint density at radius 1 is 1.35 bits per heavy atom. The fourth-order valence-electron chi connectivity index (χ4n) is 2.43. The number of nitrogens with zero attached hydrogens (tertiary/aromatic N) is 1. The summed E-state index contributed by atoms with van der Waals surface area (Å²) in [7, 11) is 1.95. The molecule has 5 nitrogen and oxygen atoms in total. The lowest BCUT2D eigenvalue weighted by Gasteiger charge is -2.39. The van der Waals surface area contributed by atoms with Gasteiger partial charge in [0.05, 0.1) is 18.7 Å². The highest BCUT2D eigenvalue weighted by molar-refractivity contribution is 5.98. The van der Waals surface area contributed by atoms with Crippen LogP contribution in [0.3, 0.4) is 0 Å². The van der Waals surface area contributed by atoms with Gasteiger partial charge in [0.2, 0.25) is 0 Å². The largest absolute Gasteiger partial charge is 0.484 e. The summed E-state index contributed by atoms with van der Waals surface area (Å²) in [6, 6.07) is 5.24. The first-order valence-corrected chi connectivity index (χ1v) is 6.58. The Kier molecular flexibility index (Phi) is 3.70. The lowest BCUT2D eigenvalue weighted by Crippen LogP contribution is -2.45. The lowest BCUT2D eigenvalue weighted by atomic mass is 10.0. The van der Waals surface area contributed by atoms with Gasteiger partial charge in [-0.05, 0) is 32.0 Å². The zero-order chi connectivity index (χ0) is 14.9. The van der Waals surface area contributed by atoms with E-state index in [9.17, 15) is 9.59 Å². The molecule has 0 bridgehead atoms. The van der Waals surface area contributed by atoms with E-state index < -0.39 is 5.97 Å². The van der Waals surface area contributed by atoms with Gasteiger partial charge >= 0.3 is 5.97 Å². The van der Waals surface area contributed by atoms with Crippen LogP contribution >= 0.6 is 0 Å². The number of fused-ring (bicyclic) bond motifs is 1. The molecule has 2 rings (SSSR count). The summed E-state index contributed by atoms with van der Waals surface area (Å²) >= 11 is 0. The number of carbonyl (C=O) groups is 2. The van der Waals surface area contributed by atoms with Crippen molar-refractivity contribution in [2.24, 2.45) is 0 Å². The zero-order valence-corrected chi connectivity index (χ0v) is 12.0. The number of ether oxygens (including phenoxy) is 1. The molecule has 1 heterocycles. The fraction of sp³-hybridized carbons (Fsp3) is 0.467. The average Bonchev–Trinajstić information content (AvgIpc) is 2.34. The van der Waals surface area contributed by atoms with Crippen LogP contribution in [-0.2, 0) is 4.79 Å². The van der Waals surface area contributed by atoms with E-state index >= 15 is 0 Å². The summed E-state index contributed by atoms with van der Waals surface area (Å²) in [5.74, 6) is -0.370. The van der Waals surface area contributed by atoms with Gasteiger partial charge < -0.3 is 14.7 Å². The number of benzene rings is 1. The minimum atomic E-state index is -0.960. The van der Waals surface area contributed by atoms with Gasteiger partial charge in [-0.3, -0.25) is 9.59 Å². The standard InChI is InChI=1S/C15H19NO4/c1-15(2)9-16(3)11-8-10(4-6-13(11)20-15)12(17)5-7-14(18)19/h4,6,8H,5,7,9H2,1-3H3,(H,18,19). The van der Waals surface area contributed by atoms with E-state index in [0.717, 1.165) is 18.0 Å². The second-order valence-corrected chi connectivity index (χ2v) is 5.72. The smallest absolute Gasteiger partial charge is 0.303 e. The number of carbonyl (C=O) groups excluding carboxylic acids is 1. The molecular formula is C15H19NO4. The van der Waals surface area contributed by atoms with Crippen molar-refractivity contribution < 1.29 is 19.4 Å². The first kappa shape index (κ1) is 14.4. The first-order valence-electron chi connectivity index (χ1n) is 6.58. The molecule has 108 valence electrons. The highest BCUT2D eigenvalue weighted by Crippen LogP contribution is 2.36. The Bertz CT molecular complexity index is 551. The van der Waals surface area contributed by atoms with Crippen LogP contribution in [0.15, 0.2) is 18.2 Å². The molecule has 0 unspecified atom stereocenters. The number of ketones is 1. The highest BCUT2D eigenvalue weighted by Gasteiger charge is 2.30. The predicted octanol–water partition coefficient (Wildman–Crippen LogP) is 2.34. The molecule has 1 aliphatic rings. The molecule has 0 saturated carbocycles. The molecular weight excluding hydrogens is 258 g/mol. The molecule has 0 spiro atoms. The second kappa shape index (κ2) is 5.15. The molecule has 5 heteroatoms. The molecule has 20 heavy (non-hydrogen) atoms. The lowest BCUT2D eigenvalue weighted by molar-refractivity contribution is -0.136. The number of carboxylic acids is 1. The Balaban J connectivity index is 2.22. The third-order valence-corrected chi connectivity index (χ3v) is 3.26. The van der Waals surface area contributed by atoms with Crippen LogP contribution in [-0.4, -0.2) is 36.1 Å². The average molecular weight is 277 g/mol. The second-order valence-electron chi connectivity index (χ2n) is 5.72. The van der Waals surface area contributed by atoms with Gasteiger partial charge in [0, 0.05) is 19.0 Å². The maximum Gasteiger partial charge on any atom is 0.303 e. The number of likely N-dealkylation sites (N-methyl/N-ethyl adjacent to an activating group) is 1. The van der Waals surface area contributed by atoms with Crippen molar-refractivity contribution >= 4 is 17.4 Å². The van der Waals surface area contributed by atoms with E-state index in [-0.39, 0.29) is 24.2 Å². The summed E-state index contributed by atoms with van der Waals surface area (Å²) in [4.78, 5) is 24.5. The summed E-state index contributed by atoms with van der Waals surface area (Å²) in [5, 5.41) is 8.62. The predicted molar refractivity (Wildman–Crippen MR) is 75.6 cm³/mol. The quantitative estimate of drug-likeness (QED) is 0.856. The van der Waals surface area contributed by atoms with Gasteiger partial charge in [-0.25, -0.2) is 0 Å². The van der Waals surface area contributed by atoms with Gasteiger partial charge in [-0.1, -0.05) is 0 Å². The van der Waals surface area contributed by atoms with Crippen molar-refractivity contribution in [3.63, 3.8) is 0 Å². The van der Waals surface area contributed by atoms with Crippen molar-refractivity contribution in [2.45, 2.75) is 32.3 Å². The van der Waals surface area contributed by atoms with Crippen LogP contribution in [0.25, 0.3) is 0 Å². The van der Waals surface area contributed by atoms with Crippen molar-refractivity contribution in [3.8, 4) is 5.75 Å². The number of Topliss-reactive ketones (excluding diaryl/α,β-unsaturated/α-hetero) is 1. The van der Waals surface area contributed by atoms with Crippen LogP contribution in [0.1, 0.15) is 37.0 Å². The Labute approximate surface area is 118 Å². The molecule has 0 atom stereocenters. The van der Waals surface area contributed by atoms with Crippen molar-refractivity contribution in [2.75, 3.05) is 18.5 Å². The number of aliphatic carboxylic acids is 1. The molecule has 1 aliphatic heterocycles. The Morgan fingerprint density at radius 2 is 2.05 bits per heavy atom. The molecule has 1 N–H and O–H groups in total. The van der Waals surface area contributed by atoms with Crippen LogP contribution in [0.4, 0.5) is 5.69 Å². The van der Waals surface area contributed by atoms with Gasteiger partial charge in [-0.2, -0.15) is 0 Å². The molecule has 1 aromatic carbocycles. The maximum absolute atomic E-state index is 11.9. The van der Waals surface area contributed by atoms with Gasteiger partial charge in [-0.15, -0.1) is 0 Å². The van der Waals surface area contributed by atoms with Crippen LogP contribution in [0.2, 0.25) is 0 Å². The first-order chi connectivity index (χ1) is 9.28. The number of carboxylic acid groups (broad SMARTS) is 1. The molecule has 0 amide bonds. The monoisotopic (exact) mass is 277 g/mol. The third-order valence-electron chi connectivity index (χ3n) is 3.26. The highest BCUT2D eigenvalue weighted by atomic mass is 16.5. The van der Waals surface area contributed by atoms with Crippen molar-refractivity contribution in [1.82, 2.24) is 0 Å².